The van der Waals surface area contributed by atoms with E-state index in [2.05, 4.69) is 15.9 Å². The highest BCUT2D eigenvalue weighted by Gasteiger charge is 2.06. The van der Waals surface area contributed by atoms with E-state index in [0.29, 0.717) is 11.6 Å². The molecule has 0 aliphatic carbocycles. The van der Waals surface area contributed by atoms with Crippen LogP contribution >= 0.6 is 28.1 Å². The fourth-order valence-corrected chi connectivity index (χ4v) is 1.38. The van der Waals surface area contributed by atoms with E-state index in [1.165, 1.54) is 0 Å². The fraction of sp³-hybridized carbons (Fsp3) is 0.300. The standard InChI is InChI=1S/C10H12BrNOS/c1-7(10(12)14)13-6-8-4-2-3-5-9(8)11/h2-5,7H,6H2,1H3,(H2,12,14). The van der Waals surface area contributed by atoms with Crippen LogP contribution in [0.3, 0.4) is 0 Å². The molecule has 2 N–H and O–H groups in total. The van der Waals surface area contributed by atoms with Crippen molar-refractivity contribution in [3.05, 3.63) is 34.3 Å². The van der Waals surface area contributed by atoms with Crippen molar-refractivity contribution in [2.24, 2.45) is 5.73 Å². The van der Waals surface area contributed by atoms with Crippen LogP contribution in [0, 0.1) is 0 Å². The zero-order valence-corrected chi connectivity index (χ0v) is 10.3. The van der Waals surface area contributed by atoms with E-state index in [9.17, 15) is 0 Å². The van der Waals surface area contributed by atoms with Gasteiger partial charge in [-0.3, -0.25) is 0 Å². The Morgan fingerprint density at radius 2 is 2.21 bits per heavy atom. The highest BCUT2D eigenvalue weighted by molar-refractivity contribution is 9.10. The van der Waals surface area contributed by atoms with E-state index in [0.717, 1.165) is 10.0 Å². The molecule has 0 fully saturated rings. The van der Waals surface area contributed by atoms with E-state index in [1.54, 1.807) is 0 Å². The monoisotopic (exact) mass is 273 g/mol. The Bertz CT molecular complexity index is 330. The van der Waals surface area contributed by atoms with Crippen LogP contribution in [0.2, 0.25) is 0 Å². The van der Waals surface area contributed by atoms with E-state index in [-0.39, 0.29) is 6.10 Å². The van der Waals surface area contributed by atoms with Gasteiger partial charge in [-0.15, -0.1) is 0 Å². The van der Waals surface area contributed by atoms with Crippen LogP contribution in [0.4, 0.5) is 0 Å². The van der Waals surface area contributed by atoms with Gasteiger partial charge in [0.25, 0.3) is 0 Å². The van der Waals surface area contributed by atoms with Gasteiger partial charge in [-0.05, 0) is 18.6 Å². The smallest absolute Gasteiger partial charge is 0.105 e. The molecular weight excluding hydrogens is 262 g/mol. The Labute approximate surface area is 97.6 Å². The van der Waals surface area contributed by atoms with Gasteiger partial charge in [0, 0.05) is 4.47 Å². The minimum atomic E-state index is -0.183. The molecule has 0 amide bonds. The number of benzene rings is 1. The predicted octanol–water partition coefficient (Wildman–Crippen LogP) is 2.64. The van der Waals surface area contributed by atoms with Crippen molar-refractivity contribution in [3.8, 4) is 0 Å². The van der Waals surface area contributed by atoms with Gasteiger partial charge in [0.2, 0.25) is 0 Å². The van der Waals surface area contributed by atoms with Gasteiger partial charge in [0.1, 0.15) is 11.1 Å². The average Bonchev–Trinajstić information content (AvgIpc) is 2.16. The van der Waals surface area contributed by atoms with Crippen molar-refractivity contribution in [1.29, 1.82) is 0 Å². The summed E-state index contributed by atoms with van der Waals surface area (Å²) in [5.74, 6) is 0. The van der Waals surface area contributed by atoms with Gasteiger partial charge in [-0.1, -0.05) is 46.3 Å². The molecule has 2 nitrogen and oxygen atoms in total. The second kappa shape index (κ2) is 5.44. The van der Waals surface area contributed by atoms with E-state index >= 15 is 0 Å². The number of hydrogen-bond acceptors (Lipinski definition) is 2. The minimum Gasteiger partial charge on any atom is -0.391 e. The second-order valence-electron chi connectivity index (χ2n) is 2.95. The predicted molar refractivity (Wildman–Crippen MR) is 65.2 cm³/mol. The van der Waals surface area contributed by atoms with Crippen LogP contribution in [0.25, 0.3) is 0 Å². The molecular formula is C10H12BrNOS. The summed E-state index contributed by atoms with van der Waals surface area (Å²) in [6, 6.07) is 7.90. The van der Waals surface area contributed by atoms with Crippen molar-refractivity contribution < 1.29 is 4.74 Å². The third-order valence-electron chi connectivity index (χ3n) is 1.85. The summed E-state index contributed by atoms with van der Waals surface area (Å²) in [5, 5.41) is 0. The molecule has 0 bridgehead atoms. The first-order chi connectivity index (χ1) is 6.61. The molecule has 0 radical (unpaired) electrons. The third kappa shape index (κ3) is 3.36. The molecule has 0 spiro atoms. The van der Waals surface area contributed by atoms with Gasteiger partial charge in [0.15, 0.2) is 0 Å². The molecule has 1 aromatic rings. The van der Waals surface area contributed by atoms with Gasteiger partial charge >= 0.3 is 0 Å². The zero-order valence-electron chi connectivity index (χ0n) is 7.87. The first-order valence-electron chi connectivity index (χ1n) is 4.25. The molecule has 1 unspecified atom stereocenters. The summed E-state index contributed by atoms with van der Waals surface area (Å²) < 4.78 is 6.51. The van der Waals surface area contributed by atoms with Crippen molar-refractivity contribution in [1.82, 2.24) is 0 Å². The maximum atomic E-state index is 5.47. The maximum Gasteiger partial charge on any atom is 0.105 e. The summed E-state index contributed by atoms with van der Waals surface area (Å²) in [6.45, 7) is 2.36. The molecule has 0 saturated carbocycles. The van der Waals surface area contributed by atoms with E-state index < -0.39 is 0 Å². The lowest BCUT2D eigenvalue weighted by atomic mass is 10.2. The Morgan fingerprint density at radius 3 is 2.79 bits per heavy atom. The number of hydrogen-bond donors (Lipinski definition) is 1. The average molecular weight is 274 g/mol. The lowest BCUT2D eigenvalue weighted by molar-refractivity contribution is 0.0965. The largest absolute Gasteiger partial charge is 0.391 e. The quantitative estimate of drug-likeness (QED) is 0.857. The van der Waals surface area contributed by atoms with Crippen LogP contribution < -0.4 is 5.73 Å². The minimum absolute atomic E-state index is 0.183. The number of ether oxygens (including phenoxy) is 1. The Hall–Kier alpha value is -0.450. The van der Waals surface area contributed by atoms with E-state index in [4.69, 9.17) is 22.7 Å². The number of halogens is 1. The highest BCUT2D eigenvalue weighted by atomic mass is 79.9. The van der Waals surface area contributed by atoms with Gasteiger partial charge in [-0.25, -0.2) is 0 Å². The first-order valence-corrected chi connectivity index (χ1v) is 5.45. The molecule has 1 atom stereocenters. The van der Waals surface area contributed by atoms with Crippen LogP contribution in [-0.2, 0) is 11.3 Å². The van der Waals surface area contributed by atoms with Crippen molar-refractivity contribution in [2.45, 2.75) is 19.6 Å². The zero-order chi connectivity index (χ0) is 10.6. The Morgan fingerprint density at radius 1 is 1.57 bits per heavy atom. The SMILES string of the molecule is CC(OCc1ccccc1Br)C(N)=S. The highest BCUT2D eigenvalue weighted by Crippen LogP contribution is 2.17. The molecule has 0 heterocycles. The molecule has 0 aliphatic rings. The lowest BCUT2D eigenvalue weighted by Crippen LogP contribution is -2.26. The summed E-state index contributed by atoms with van der Waals surface area (Å²) in [4.78, 5) is 0.386. The Balaban J connectivity index is 2.54. The third-order valence-corrected chi connectivity index (χ3v) is 2.95. The lowest BCUT2D eigenvalue weighted by Gasteiger charge is -2.11. The topological polar surface area (TPSA) is 35.2 Å². The van der Waals surface area contributed by atoms with E-state index in [1.807, 2.05) is 31.2 Å². The summed E-state index contributed by atoms with van der Waals surface area (Å²) >= 11 is 8.25. The Kier molecular flexibility index (Phi) is 4.51. The molecule has 0 saturated heterocycles. The maximum absolute atomic E-state index is 5.47. The summed E-state index contributed by atoms with van der Waals surface area (Å²) in [7, 11) is 0. The molecule has 14 heavy (non-hydrogen) atoms. The van der Waals surface area contributed by atoms with Crippen molar-refractivity contribution in [2.75, 3.05) is 0 Å². The molecule has 4 heteroatoms. The van der Waals surface area contributed by atoms with Crippen molar-refractivity contribution >= 4 is 33.1 Å². The van der Waals surface area contributed by atoms with Crippen LogP contribution in [0.1, 0.15) is 12.5 Å². The van der Waals surface area contributed by atoms with Gasteiger partial charge in [0.05, 0.1) is 6.61 Å². The normalized spacial score (nSPS) is 12.4. The van der Waals surface area contributed by atoms with Crippen molar-refractivity contribution in [3.63, 3.8) is 0 Å². The fourth-order valence-electron chi connectivity index (χ4n) is 0.912. The molecule has 0 aliphatic heterocycles. The molecule has 76 valence electrons. The van der Waals surface area contributed by atoms with Gasteiger partial charge in [-0.2, -0.15) is 0 Å². The first kappa shape index (κ1) is 11.6. The number of nitrogens with two attached hydrogens (primary N) is 1. The summed E-state index contributed by atoms with van der Waals surface area (Å²) in [5.41, 5.74) is 6.53. The van der Waals surface area contributed by atoms with Crippen LogP contribution in [0.5, 0.6) is 0 Å². The van der Waals surface area contributed by atoms with Crippen LogP contribution in [-0.4, -0.2) is 11.1 Å². The number of rotatable bonds is 4. The number of thiocarbonyl (C=S) groups is 1. The second-order valence-corrected chi connectivity index (χ2v) is 4.27. The molecule has 1 rings (SSSR count). The molecule has 1 aromatic carbocycles. The van der Waals surface area contributed by atoms with Gasteiger partial charge < -0.3 is 10.5 Å². The van der Waals surface area contributed by atoms with Crippen LogP contribution in [0.15, 0.2) is 28.7 Å². The molecule has 0 aromatic heterocycles. The summed E-state index contributed by atoms with van der Waals surface area (Å²) in [6.07, 6.45) is -0.183.